The van der Waals surface area contributed by atoms with Gasteiger partial charge in [-0.15, -0.1) is 0 Å². The van der Waals surface area contributed by atoms with E-state index in [2.05, 4.69) is 6.07 Å². The zero-order valence-electron chi connectivity index (χ0n) is 8.21. The van der Waals surface area contributed by atoms with Gasteiger partial charge in [0.25, 0.3) is 0 Å². The average molecular weight is 217 g/mol. The second kappa shape index (κ2) is 4.23. The first kappa shape index (κ1) is 10.5. The Labute approximate surface area is 91.3 Å². The van der Waals surface area contributed by atoms with E-state index in [1.54, 1.807) is 24.3 Å². The third kappa shape index (κ3) is 1.98. The Morgan fingerprint density at radius 2 is 1.62 bits per heavy atom. The van der Waals surface area contributed by atoms with Crippen molar-refractivity contribution in [3.8, 4) is 0 Å². The van der Waals surface area contributed by atoms with Crippen LogP contribution in [0.1, 0.15) is 15.9 Å². The molecule has 1 nitrogen and oxygen atoms in total. The Kier molecular flexibility index (Phi) is 2.77. The fourth-order valence-electron chi connectivity index (χ4n) is 1.34. The number of hydrogen-bond donors (Lipinski definition) is 0. The van der Waals surface area contributed by atoms with Crippen LogP contribution in [0.2, 0.25) is 0 Å². The summed E-state index contributed by atoms with van der Waals surface area (Å²) < 4.78 is 25.6. The first-order valence-corrected chi connectivity index (χ1v) is 4.64. The highest BCUT2D eigenvalue weighted by Gasteiger charge is 2.11. The first-order valence-electron chi connectivity index (χ1n) is 4.64. The van der Waals surface area contributed by atoms with Crippen molar-refractivity contribution in [2.45, 2.75) is 0 Å². The molecule has 16 heavy (non-hydrogen) atoms. The van der Waals surface area contributed by atoms with E-state index in [1.165, 1.54) is 6.07 Å². The highest BCUT2D eigenvalue weighted by atomic mass is 19.2. The highest BCUT2D eigenvalue weighted by molar-refractivity contribution is 6.08. The highest BCUT2D eigenvalue weighted by Crippen LogP contribution is 2.13. The van der Waals surface area contributed by atoms with Gasteiger partial charge in [-0.1, -0.05) is 24.3 Å². The van der Waals surface area contributed by atoms with E-state index in [4.69, 9.17) is 0 Å². The van der Waals surface area contributed by atoms with Crippen LogP contribution in [-0.4, -0.2) is 5.78 Å². The molecule has 0 bridgehead atoms. The fraction of sp³-hybridized carbons (Fsp3) is 0. The lowest BCUT2D eigenvalue weighted by atomic mass is 10.0. The minimum atomic E-state index is -1.02. The molecule has 79 valence electrons. The molecule has 2 aromatic rings. The van der Waals surface area contributed by atoms with Gasteiger partial charge in [0.15, 0.2) is 17.4 Å². The van der Waals surface area contributed by atoms with E-state index in [0.29, 0.717) is 5.56 Å². The Balaban J connectivity index is 2.39. The Hall–Kier alpha value is -2.03. The molecule has 0 saturated carbocycles. The van der Waals surface area contributed by atoms with Gasteiger partial charge in [0.05, 0.1) is 0 Å². The standard InChI is InChI=1S/C13H7F2O/c14-11-7-6-10(8-12(11)15)13(16)9-4-2-1-3-5-9/h2-8H. The van der Waals surface area contributed by atoms with Gasteiger partial charge in [0.2, 0.25) is 0 Å². The Morgan fingerprint density at radius 3 is 2.25 bits per heavy atom. The van der Waals surface area contributed by atoms with Crippen LogP contribution in [0, 0.1) is 17.7 Å². The molecule has 0 aromatic heterocycles. The molecule has 0 aliphatic carbocycles. The topological polar surface area (TPSA) is 17.1 Å². The molecule has 2 aromatic carbocycles. The van der Waals surface area contributed by atoms with E-state index in [0.717, 1.165) is 12.1 Å². The molecular weight excluding hydrogens is 210 g/mol. The molecular formula is C13H7F2O. The van der Waals surface area contributed by atoms with Crippen LogP contribution in [-0.2, 0) is 0 Å². The second-order valence-corrected chi connectivity index (χ2v) is 3.25. The van der Waals surface area contributed by atoms with Gasteiger partial charge in [-0.3, -0.25) is 4.79 Å². The van der Waals surface area contributed by atoms with E-state index in [-0.39, 0.29) is 11.3 Å². The molecule has 0 N–H and O–H groups in total. The van der Waals surface area contributed by atoms with Crippen molar-refractivity contribution >= 4 is 5.78 Å². The number of ketones is 1. The predicted octanol–water partition coefficient (Wildman–Crippen LogP) is 3.00. The van der Waals surface area contributed by atoms with Crippen LogP contribution in [0.5, 0.6) is 0 Å². The number of carbonyl (C=O) groups is 1. The number of benzene rings is 2. The largest absolute Gasteiger partial charge is 0.289 e. The smallest absolute Gasteiger partial charge is 0.193 e. The number of rotatable bonds is 2. The molecule has 0 aliphatic heterocycles. The van der Waals surface area contributed by atoms with E-state index >= 15 is 0 Å². The molecule has 0 heterocycles. The summed E-state index contributed by atoms with van der Waals surface area (Å²) >= 11 is 0. The first-order chi connectivity index (χ1) is 7.68. The maximum atomic E-state index is 12.9. The van der Waals surface area contributed by atoms with E-state index in [1.807, 2.05) is 0 Å². The van der Waals surface area contributed by atoms with Gasteiger partial charge in [-0.05, 0) is 24.3 Å². The maximum absolute atomic E-state index is 12.9. The lowest BCUT2D eigenvalue weighted by Gasteiger charge is -2.01. The summed E-state index contributed by atoms with van der Waals surface area (Å²) in [7, 11) is 0. The van der Waals surface area contributed by atoms with E-state index < -0.39 is 11.6 Å². The van der Waals surface area contributed by atoms with Crippen molar-refractivity contribution in [2.75, 3.05) is 0 Å². The zero-order chi connectivity index (χ0) is 11.5. The fourth-order valence-corrected chi connectivity index (χ4v) is 1.34. The molecule has 0 amide bonds. The van der Waals surface area contributed by atoms with Crippen LogP contribution in [0.15, 0.2) is 42.5 Å². The summed E-state index contributed by atoms with van der Waals surface area (Å²) in [5, 5.41) is 0. The van der Waals surface area contributed by atoms with Gasteiger partial charge >= 0.3 is 0 Å². The van der Waals surface area contributed by atoms with Crippen LogP contribution >= 0.6 is 0 Å². The molecule has 1 radical (unpaired) electrons. The molecule has 0 unspecified atom stereocenters. The van der Waals surface area contributed by atoms with Gasteiger partial charge in [0.1, 0.15) is 0 Å². The van der Waals surface area contributed by atoms with Crippen LogP contribution in [0.4, 0.5) is 8.78 Å². The van der Waals surface area contributed by atoms with Crippen molar-refractivity contribution in [3.63, 3.8) is 0 Å². The Morgan fingerprint density at radius 1 is 0.938 bits per heavy atom. The van der Waals surface area contributed by atoms with Crippen LogP contribution < -0.4 is 0 Å². The van der Waals surface area contributed by atoms with Crippen molar-refractivity contribution < 1.29 is 13.6 Å². The van der Waals surface area contributed by atoms with Gasteiger partial charge in [-0.2, -0.15) is 0 Å². The Bertz CT molecular complexity index is 521. The van der Waals surface area contributed by atoms with Crippen molar-refractivity contribution in [3.05, 3.63) is 71.3 Å². The summed E-state index contributed by atoms with van der Waals surface area (Å²) in [6, 6.07) is 12.2. The monoisotopic (exact) mass is 217 g/mol. The minimum absolute atomic E-state index is 0.130. The van der Waals surface area contributed by atoms with Crippen molar-refractivity contribution in [1.82, 2.24) is 0 Å². The third-order valence-corrected chi connectivity index (χ3v) is 2.16. The summed E-state index contributed by atoms with van der Waals surface area (Å²) in [6.45, 7) is 0. The molecule has 0 saturated heterocycles. The van der Waals surface area contributed by atoms with Gasteiger partial charge in [0, 0.05) is 11.1 Å². The second-order valence-electron chi connectivity index (χ2n) is 3.25. The summed E-state index contributed by atoms with van der Waals surface area (Å²) in [5.74, 6) is -2.32. The normalized spacial score (nSPS) is 10.1. The number of hydrogen-bond acceptors (Lipinski definition) is 1. The quantitative estimate of drug-likeness (QED) is 0.707. The van der Waals surface area contributed by atoms with E-state index in [9.17, 15) is 13.6 Å². The molecule has 2 rings (SSSR count). The summed E-state index contributed by atoms with van der Waals surface area (Å²) in [5.41, 5.74) is 0.551. The maximum Gasteiger partial charge on any atom is 0.193 e. The predicted molar refractivity (Wildman–Crippen MR) is 55.1 cm³/mol. The summed E-state index contributed by atoms with van der Waals surface area (Å²) in [6.07, 6.45) is 0. The molecule has 0 fully saturated rings. The molecule has 0 spiro atoms. The minimum Gasteiger partial charge on any atom is -0.289 e. The van der Waals surface area contributed by atoms with Gasteiger partial charge < -0.3 is 0 Å². The zero-order valence-corrected chi connectivity index (χ0v) is 8.21. The number of halogens is 2. The summed E-state index contributed by atoms with van der Waals surface area (Å²) in [4.78, 5) is 11.8. The number of carbonyl (C=O) groups excluding carboxylic acids is 1. The lowest BCUT2D eigenvalue weighted by molar-refractivity contribution is 0.103. The SMILES string of the molecule is O=C(c1cc[c]cc1)c1ccc(F)c(F)c1. The van der Waals surface area contributed by atoms with Crippen LogP contribution in [0.25, 0.3) is 0 Å². The van der Waals surface area contributed by atoms with Crippen LogP contribution in [0.3, 0.4) is 0 Å². The van der Waals surface area contributed by atoms with Gasteiger partial charge in [-0.25, -0.2) is 8.78 Å². The van der Waals surface area contributed by atoms with Crippen molar-refractivity contribution in [1.29, 1.82) is 0 Å². The van der Waals surface area contributed by atoms with Crippen molar-refractivity contribution in [2.24, 2.45) is 0 Å². The average Bonchev–Trinajstić information content (AvgIpc) is 2.33. The molecule has 0 atom stereocenters. The lowest BCUT2D eigenvalue weighted by Crippen LogP contribution is -2.02. The third-order valence-electron chi connectivity index (χ3n) is 2.16. The molecule has 0 aliphatic rings. The molecule has 3 heteroatoms.